The van der Waals surface area contributed by atoms with Crippen molar-refractivity contribution < 1.29 is 9.11 Å². The monoisotopic (exact) mass is 289 g/mol. The molecule has 0 saturated heterocycles. The van der Waals surface area contributed by atoms with Crippen LogP contribution in [0.1, 0.15) is 16.7 Å². The first-order chi connectivity index (χ1) is 9.47. The Labute approximate surface area is 122 Å². The minimum absolute atomic E-state index is 0.00196. The maximum atomic E-state index is 11.1. The third-order valence-corrected chi connectivity index (χ3v) is 3.55. The molecule has 2 rings (SSSR count). The van der Waals surface area contributed by atoms with Crippen molar-refractivity contribution in [3.8, 4) is 5.75 Å². The minimum atomic E-state index is -0.412. The zero-order chi connectivity index (χ0) is 14.7. The predicted octanol–water partition coefficient (Wildman–Crippen LogP) is 4.61. The third kappa shape index (κ3) is 3.30. The Hall–Kier alpha value is -2.01. The summed E-state index contributed by atoms with van der Waals surface area (Å²) in [4.78, 5) is 11.6. The first kappa shape index (κ1) is 14.4. The maximum absolute atomic E-state index is 11.1. The van der Waals surface area contributed by atoms with Crippen LogP contribution < -0.4 is 4.18 Å². The van der Waals surface area contributed by atoms with Crippen LogP contribution >= 0.6 is 12.0 Å². The molecular weight excluding hydrogens is 274 g/mol. The lowest BCUT2D eigenvalue weighted by Crippen LogP contribution is -1.96. The fourth-order valence-electron chi connectivity index (χ4n) is 1.86. The van der Waals surface area contributed by atoms with E-state index in [1.807, 2.05) is 51.1 Å². The average Bonchev–Trinajstić information content (AvgIpc) is 2.38. The molecule has 2 aromatic rings. The zero-order valence-electron chi connectivity index (χ0n) is 11.5. The lowest BCUT2D eigenvalue weighted by atomic mass is 10.1. The van der Waals surface area contributed by atoms with Crippen LogP contribution in [-0.2, 0) is 0 Å². The molecule has 20 heavy (non-hydrogen) atoms. The molecule has 2 aromatic carbocycles. The summed E-state index contributed by atoms with van der Waals surface area (Å²) in [6.07, 6.45) is 0. The first-order valence-corrected chi connectivity index (χ1v) is 6.88. The SMILES string of the molecule is Cc1ccc(SOc2c(C)cc(C)cc2[N+](=O)[O-])cc1. The molecule has 0 bridgehead atoms. The fraction of sp³-hybridized carbons (Fsp3) is 0.200. The number of hydrogen-bond acceptors (Lipinski definition) is 4. The van der Waals surface area contributed by atoms with Gasteiger partial charge in [-0.15, -0.1) is 0 Å². The van der Waals surface area contributed by atoms with Crippen LogP contribution in [0.4, 0.5) is 5.69 Å². The lowest BCUT2D eigenvalue weighted by molar-refractivity contribution is -0.385. The van der Waals surface area contributed by atoms with Crippen LogP contribution in [0.25, 0.3) is 0 Å². The van der Waals surface area contributed by atoms with Gasteiger partial charge in [-0.1, -0.05) is 23.8 Å². The third-order valence-electron chi connectivity index (χ3n) is 2.84. The Kier molecular flexibility index (Phi) is 4.29. The molecule has 0 amide bonds. The molecule has 0 unspecified atom stereocenters. The molecule has 0 fully saturated rings. The van der Waals surface area contributed by atoms with Gasteiger partial charge >= 0.3 is 5.69 Å². The van der Waals surface area contributed by atoms with Crippen LogP contribution in [0.2, 0.25) is 0 Å². The van der Waals surface area contributed by atoms with Crippen molar-refractivity contribution in [3.05, 3.63) is 63.2 Å². The lowest BCUT2D eigenvalue weighted by Gasteiger charge is -2.09. The molecule has 0 saturated carbocycles. The molecule has 0 heterocycles. The van der Waals surface area contributed by atoms with E-state index in [0.29, 0.717) is 5.75 Å². The standard InChI is InChI=1S/C15H15NO3S/c1-10-4-6-13(7-5-10)20-19-15-12(3)8-11(2)9-14(15)16(17)18/h4-9H,1-3H3. The summed E-state index contributed by atoms with van der Waals surface area (Å²) in [6.45, 7) is 5.65. The summed E-state index contributed by atoms with van der Waals surface area (Å²) in [7, 11) is 0. The Morgan fingerprint density at radius 3 is 2.30 bits per heavy atom. The number of benzene rings is 2. The van der Waals surface area contributed by atoms with Gasteiger partial charge in [-0.2, -0.15) is 0 Å². The smallest absolute Gasteiger partial charge is 0.313 e. The number of nitro benzene ring substituents is 1. The van der Waals surface area contributed by atoms with Gasteiger partial charge in [0.15, 0.2) is 0 Å². The van der Waals surface area contributed by atoms with Gasteiger partial charge in [-0.25, -0.2) is 0 Å². The maximum Gasteiger partial charge on any atom is 0.313 e. The van der Waals surface area contributed by atoms with E-state index in [1.165, 1.54) is 6.07 Å². The highest BCUT2D eigenvalue weighted by Gasteiger charge is 2.19. The molecule has 0 spiro atoms. The van der Waals surface area contributed by atoms with Crippen molar-refractivity contribution in [3.63, 3.8) is 0 Å². The van der Waals surface area contributed by atoms with Gasteiger partial charge in [-0.3, -0.25) is 10.1 Å². The normalized spacial score (nSPS) is 10.3. The van der Waals surface area contributed by atoms with E-state index < -0.39 is 4.92 Å². The van der Waals surface area contributed by atoms with Crippen LogP contribution in [-0.4, -0.2) is 4.92 Å². The van der Waals surface area contributed by atoms with E-state index >= 15 is 0 Å². The number of nitro groups is 1. The van der Waals surface area contributed by atoms with Crippen molar-refractivity contribution in [2.75, 3.05) is 0 Å². The van der Waals surface area contributed by atoms with Crippen molar-refractivity contribution in [1.82, 2.24) is 0 Å². The second-order valence-corrected chi connectivity index (χ2v) is 5.47. The van der Waals surface area contributed by atoms with Gasteiger partial charge in [0.05, 0.1) is 17.0 Å². The number of nitrogens with zero attached hydrogens (tertiary/aromatic N) is 1. The molecular formula is C15H15NO3S. The van der Waals surface area contributed by atoms with Gasteiger partial charge in [0.1, 0.15) is 0 Å². The molecule has 0 N–H and O–H groups in total. The molecule has 4 nitrogen and oxygen atoms in total. The molecule has 104 valence electrons. The van der Waals surface area contributed by atoms with Gasteiger partial charge in [0, 0.05) is 16.5 Å². The second-order valence-electron chi connectivity index (χ2n) is 4.67. The summed E-state index contributed by atoms with van der Waals surface area (Å²) < 4.78 is 5.59. The summed E-state index contributed by atoms with van der Waals surface area (Å²) >= 11 is 1.13. The minimum Gasteiger partial charge on any atom is -0.413 e. The second kappa shape index (κ2) is 5.96. The number of hydrogen-bond donors (Lipinski definition) is 0. The van der Waals surface area contributed by atoms with Gasteiger partial charge in [0.2, 0.25) is 5.75 Å². The molecule has 0 atom stereocenters. The van der Waals surface area contributed by atoms with E-state index in [9.17, 15) is 10.1 Å². The van der Waals surface area contributed by atoms with Crippen LogP contribution in [0, 0.1) is 30.9 Å². The summed E-state index contributed by atoms with van der Waals surface area (Å²) in [6, 6.07) is 11.2. The highest BCUT2D eigenvalue weighted by Crippen LogP contribution is 2.36. The van der Waals surface area contributed by atoms with Gasteiger partial charge in [0.25, 0.3) is 0 Å². The van der Waals surface area contributed by atoms with Crippen molar-refractivity contribution in [2.45, 2.75) is 25.7 Å². The Morgan fingerprint density at radius 1 is 1.05 bits per heavy atom. The van der Waals surface area contributed by atoms with E-state index in [1.54, 1.807) is 0 Å². The fourth-order valence-corrected chi connectivity index (χ4v) is 2.50. The Bertz CT molecular complexity index is 638. The number of rotatable bonds is 4. The molecule has 0 radical (unpaired) electrons. The average molecular weight is 289 g/mol. The van der Waals surface area contributed by atoms with Crippen molar-refractivity contribution >= 4 is 17.7 Å². The molecule has 5 heteroatoms. The largest absolute Gasteiger partial charge is 0.413 e. The zero-order valence-corrected chi connectivity index (χ0v) is 12.4. The van der Waals surface area contributed by atoms with Crippen LogP contribution in [0.5, 0.6) is 5.75 Å². The van der Waals surface area contributed by atoms with Gasteiger partial charge < -0.3 is 4.18 Å². The highest BCUT2D eigenvalue weighted by atomic mass is 32.2. The van der Waals surface area contributed by atoms with Crippen LogP contribution in [0.3, 0.4) is 0 Å². The predicted molar refractivity (Wildman–Crippen MR) is 80.2 cm³/mol. The highest BCUT2D eigenvalue weighted by molar-refractivity contribution is 7.95. The molecule has 0 aromatic heterocycles. The Morgan fingerprint density at radius 2 is 1.70 bits per heavy atom. The molecule has 0 aliphatic rings. The van der Waals surface area contributed by atoms with Gasteiger partial charge in [-0.05, 0) is 38.5 Å². The summed E-state index contributed by atoms with van der Waals surface area (Å²) in [5.41, 5.74) is 2.77. The first-order valence-electron chi connectivity index (χ1n) is 6.14. The topological polar surface area (TPSA) is 52.4 Å². The molecule has 0 aliphatic carbocycles. The summed E-state index contributed by atoms with van der Waals surface area (Å²) in [5.74, 6) is 0.311. The Balaban J connectivity index is 2.24. The quantitative estimate of drug-likeness (QED) is 0.468. The van der Waals surface area contributed by atoms with Crippen molar-refractivity contribution in [1.29, 1.82) is 0 Å². The van der Waals surface area contributed by atoms with E-state index in [2.05, 4.69) is 0 Å². The van der Waals surface area contributed by atoms with E-state index in [4.69, 9.17) is 4.18 Å². The van der Waals surface area contributed by atoms with E-state index in [-0.39, 0.29) is 5.69 Å². The number of aryl methyl sites for hydroxylation is 3. The van der Waals surface area contributed by atoms with E-state index in [0.717, 1.165) is 33.6 Å². The van der Waals surface area contributed by atoms with Crippen LogP contribution in [0.15, 0.2) is 41.3 Å². The molecule has 0 aliphatic heterocycles. The van der Waals surface area contributed by atoms with Crippen molar-refractivity contribution in [2.24, 2.45) is 0 Å². The summed E-state index contributed by atoms with van der Waals surface area (Å²) in [5, 5.41) is 11.1.